The van der Waals surface area contributed by atoms with Crippen molar-refractivity contribution in [3.8, 4) is 11.6 Å². The molecule has 1 fully saturated rings. The number of halogens is 1. The first kappa shape index (κ1) is 14.2. The second-order valence-electron chi connectivity index (χ2n) is 5.86. The number of nitrogens with zero attached hydrogens (tertiary/aromatic N) is 2. The molecule has 1 aromatic heterocycles. The molecule has 4 nitrogen and oxygen atoms in total. The van der Waals surface area contributed by atoms with Crippen molar-refractivity contribution in [3.63, 3.8) is 0 Å². The molecule has 0 saturated carbocycles. The standard InChI is InChI=1S/C18H18FN3O/c19-15-6-2-4-8-17(15)22-16-7-3-1-5-14(16)18(21-22)23-12-13-9-10-20-11-13/h1-8,13,20H,9-12H2/t13-/m1/s1. The summed E-state index contributed by atoms with van der Waals surface area (Å²) >= 11 is 0. The second kappa shape index (κ2) is 6.01. The summed E-state index contributed by atoms with van der Waals surface area (Å²) in [6.07, 6.45) is 1.12. The Morgan fingerprint density at radius 2 is 2.00 bits per heavy atom. The van der Waals surface area contributed by atoms with Crippen molar-refractivity contribution in [2.45, 2.75) is 6.42 Å². The molecule has 0 bridgehead atoms. The van der Waals surface area contributed by atoms with Crippen LogP contribution in [0, 0.1) is 11.7 Å². The van der Waals surface area contributed by atoms with E-state index in [0.717, 1.165) is 30.4 Å². The summed E-state index contributed by atoms with van der Waals surface area (Å²) in [5.74, 6) is 0.774. The van der Waals surface area contributed by atoms with E-state index >= 15 is 0 Å². The number of rotatable bonds is 4. The normalized spacial score (nSPS) is 17.7. The zero-order chi connectivity index (χ0) is 15.6. The molecule has 2 aromatic carbocycles. The Balaban J connectivity index is 1.72. The van der Waals surface area contributed by atoms with Crippen molar-refractivity contribution in [2.75, 3.05) is 19.7 Å². The minimum atomic E-state index is -0.299. The first-order valence-electron chi connectivity index (χ1n) is 7.89. The Kier molecular flexibility index (Phi) is 3.71. The van der Waals surface area contributed by atoms with Crippen molar-refractivity contribution in [3.05, 3.63) is 54.3 Å². The first-order valence-corrected chi connectivity index (χ1v) is 7.89. The predicted octanol–water partition coefficient (Wildman–Crippen LogP) is 3.15. The molecule has 1 atom stereocenters. The van der Waals surface area contributed by atoms with E-state index in [4.69, 9.17) is 4.74 Å². The van der Waals surface area contributed by atoms with Gasteiger partial charge in [0.25, 0.3) is 0 Å². The highest BCUT2D eigenvalue weighted by Crippen LogP contribution is 2.28. The van der Waals surface area contributed by atoms with Crippen LogP contribution in [0.5, 0.6) is 5.88 Å². The lowest BCUT2D eigenvalue weighted by Crippen LogP contribution is -2.15. The van der Waals surface area contributed by atoms with Gasteiger partial charge < -0.3 is 10.1 Å². The van der Waals surface area contributed by atoms with Gasteiger partial charge in [-0.2, -0.15) is 0 Å². The molecular formula is C18H18FN3O. The van der Waals surface area contributed by atoms with Gasteiger partial charge in [-0.15, -0.1) is 5.10 Å². The van der Waals surface area contributed by atoms with E-state index in [1.807, 2.05) is 24.3 Å². The minimum Gasteiger partial charge on any atom is -0.476 e. The number of benzene rings is 2. The van der Waals surface area contributed by atoms with Crippen LogP contribution < -0.4 is 10.1 Å². The van der Waals surface area contributed by atoms with Gasteiger partial charge in [0.15, 0.2) is 0 Å². The second-order valence-corrected chi connectivity index (χ2v) is 5.86. The Bertz CT molecular complexity index is 824. The van der Waals surface area contributed by atoms with Gasteiger partial charge in [0.05, 0.1) is 17.5 Å². The van der Waals surface area contributed by atoms with Crippen LogP contribution >= 0.6 is 0 Å². The van der Waals surface area contributed by atoms with Crippen LogP contribution in [0.15, 0.2) is 48.5 Å². The molecule has 118 valence electrons. The zero-order valence-corrected chi connectivity index (χ0v) is 12.7. The lowest BCUT2D eigenvalue weighted by atomic mass is 10.1. The van der Waals surface area contributed by atoms with E-state index in [2.05, 4.69) is 10.4 Å². The maximum absolute atomic E-state index is 14.1. The average Bonchev–Trinajstić information content (AvgIpc) is 3.21. The number of aromatic nitrogens is 2. The molecule has 3 aromatic rings. The van der Waals surface area contributed by atoms with E-state index in [9.17, 15) is 4.39 Å². The third-order valence-electron chi connectivity index (χ3n) is 4.25. The fraction of sp³-hybridized carbons (Fsp3) is 0.278. The maximum Gasteiger partial charge on any atom is 0.241 e. The first-order chi connectivity index (χ1) is 11.3. The molecule has 1 saturated heterocycles. The highest BCUT2D eigenvalue weighted by Gasteiger charge is 2.18. The average molecular weight is 311 g/mol. The highest BCUT2D eigenvalue weighted by atomic mass is 19.1. The maximum atomic E-state index is 14.1. The minimum absolute atomic E-state index is 0.299. The molecule has 1 aliphatic rings. The number of hydrogen-bond donors (Lipinski definition) is 1. The van der Waals surface area contributed by atoms with Gasteiger partial charge in [-0.3, -0.25) is 0 Å². The SMILES string of the molecule is Fc1ccccc1-n1nc(OC[C@@H]2CCNC2)c2ccccc21. The van der Waals surface area contributed by atoms with Gasteiger partial charge in [0.1, 0.15) is 11.5 Å². The quantitative estimate of drug-likeness (QED) is 0.804. The molecule has 0 amide bonds. The Hall–Kier alpha value is -2.40. The van der Waals surface area contributed by atoms with Crippen molar-refractivity contribution in [1.82, 2.24) is 15.1 Å². The summed E-state index contributed by atoms with van der Waals surface area (Å²) in [5.41, 5.74) is 1.28. The van der Waals surface area contributed by atoms with E-state index in [1.54, 1.807) is 22.9 Å². The van der Waals surface area contributed by atoms with Crippen molar-refractivity contribution < 1.29 is 9.13 Å². The smallest absolute Gasteiger partial charge is 0.241 e. The molecule has 0 unspecified atom stereocenters. The molecule has 23 heavy (non-hydrogen) atoms. The van der Waals surface area contributed by atoms with Crippen molar-refractivity contribution >= 4 is 10.9 Å². The van der Waals surface area contributed by atoms with Crippen LogP contribution in [-0.4, -0.2) is 29.5 Å². The number of fused-ring (bicyclic) bond motifs is 1. The molecule has 0 radical (unpaired) electrons. The Labute approximate surface area is 133 Å². The van der Waals surface area contributed by atoms with Crippen LogP contribution in [0.1, 0.15) is 6.42 Å². The van der Waals surface area contributed by atoms with Crippen LogP contribution in [0.25, 0.3) is 16.6 Å². The summed E-state index contributed by atoms with van der Waals surface area (Å²) in [5, 5.41) is 8.75. The Morgan fingerprint density at radius 1 is 1.17 bits per heavy atom. The summed E-state index contributed by atoms with van der Waals surface area (Å²) in [4.78, 5) is 0. The van der Waals surface area contributed by atoms with Gasteiger partial charge in [0, 0.05) is 12.5 Å². The summed E-state index contributed by atoms with van der Waals surface area (Å²) in [6.45, 7) is 2.65. The lowest BCUT2D eigenvalue weighted by molar-refractivity contribution is 0.252. The monoisotopic (exact) mass is 311 g/mol. The van der Waals surface area contributed by atoms with E-state index in [-0.39, 0.29) is 5.82 Å². The van der Waals surface area contributed by atoms with Crippen LogP contribution in [-0.2, 0) is 0 Å². The van der Waals surface area contributed by atoms with Gasteiger partial charge in [-0.1, -0.05) is 24.3 Å². The van der Waals surface area contributed by atoms with Gasteiger partial charge >= 0.3 is 0 Å². The molecule has 1 aliphatic heterocycles. The molecule has 0 spiro atoms. The van der Waals surface area contributed by atoms with Crippen molar-refractivity contribution in [2.24, 2.45) is 5.92 Å². The van der Waals surface area contributed by atoms with Crippen LogP contribution in [0.2, 0.25) is 0 Å². The molecule has 4 rings (SSSR count). The molecule has 2 heterocycles. The fourth-order valence-electron chi connectivity index (χ4n) is 3.00. The number of hydrogen-bond acceptors (Lipinski definition) is 3. The number of para-hydroxylation sites is 2. The summed E-state index contributed by atoms with van der Waals surface area (Å²) in [7, 11) is 0. The number of ether oxygens (including phenoxy) is 1. The topological polar surface area (TPSA) is 39.1 Å². The summed E-state index contributed by atoms with van der Waals surface area (Å²) < 4.78 is 21.7. The highest BCUT2D eigenvalue weighted by molar-refractivity contribution is 5.86. The van der Waals surface area contributed by atoms with E-state index < -0.39 is 0 Å². The summed E-state index contributed by atoms with van der Waals surface area (Å²) in [6, 6.07) is 14.4. The fourth-order valence-corrected chi connectivity index (χ4v) is 3.00. The zero-order valence-electron chi connectivity index (χ0n) is 12.7. The third kappa shape index (κ3) is 2.68. The van der Waals surface area contributed by atoms with Gasteiger partial charge in [-0.05, 0) is 37.2 Å². The van der Waals surface area contributed by atoms with E-state index in [1.165, 1.54) is 6.07 Å². The molecule has 0 aliphatic carbocycles. The molecular weight excluding hydrogens is 293 g/mol. The largest absolute Gasteiger partial charge is 0.476 e. The van der Waals surface area contributed by atoms with Crippen LogP contribution in [0.4, 0.5) is 4.39 Å². The van der Waals surface area contributed by atoms with E-state index in [0.29, 0.717) is 24.1 Å². The molecule has 1 N–H and O–H groups in total. The predicted molar refractivity (Wildman–Crippen MR) is 87.5 cm³/mol. The third-order valence-corrected chi connectivity index (χ3v) is 4.25. The number of nitrogens with one attached hydrogen (secondary N) is 1. The Morgan fingerprint density at radius 3 is 2.83 bits per heavy atom. The molecule has 5 heteroatoms. The van der Waals surface area contributed by atoms with Crippen LogP contribution in [0.3, 0.4) is 0 Å². The lowest BCUT2D eigenvalue weighted by Gasteiger charge is -2.08. The van der Waals surface area contributed by atoms with Crippen molar-refractivity contribution in [1.29, 1.82) is 0 Å². The van der Waals surface area contributed by atoms with Gasteiger partial charge in [0.2, 0.25) is 5.88 Å². The van der Waals surface area contributed by atoms with Gasteiger partial charge in [-0.25, -0.2) is 9.07 Å².